The number of ether oxygens (including phenoxy) is 2. The molecule has 4 N–H and O–H groups in total. The summed E-state index contributed by atoms with van der Waals surface area (Å²) in [5.41, 5.74) is 8.64. The molecule has 1 amide bonds. The van der Waals surface area contributed by atoms with Crippen LogP contribution in [0.1, 0.15) is 27.0 Å². The van der Waals surface area contributed by atoms with Gasteiger partial charge in [0, 0.05) is 29.8 Å². The molecule has 0 aliphatic rings. The molecule has 2 aromatic heterocycles. The van der Waals surface area contributed by atoms with E-state index in [1.165, 1.54) is 23.6 Å². The Bertz CT molecular complexity index is 1380. The molecule has 7 nitrogen and oxygen atoms in total. The van der Waals surface area contributed by atoms with Crippen LogP contribution in [0.4, 0.5) is 14.6 Å². The average molecular weight is 500 g/mol. The fourth-order valence-corrected chi connectivity index (χ4v) is 4.57. The Balaban J connectivity index is 1.49. The third-order valence-electron chi connectivity index (χ3n) is 5.15. The summed E-state index contributed by atoms with van der Waals surface area (Å²) in [5, 5.41) is 14.1. The van der Waals surface area contributed by atoms with Gasteiger partial charge in [0.15, 0.2) is 11.6 Å². The normalized spacial score (nSPS) is 11.0. The van der Waals surface area contributed by atoms with Crippen LogP contribution in [-0.4, -0.2) is 29.1 Å². The molecule has 0 saturated heterocycles. The van der Waals surface area contributed by atoms with E-state index in [2.05, 4.69) is 10.3 Å². The van der Waals surface area contributed by atoms with Gasteiger partial charge in [0.2, 0.25) is 0 Å². The molecule has 0 unspecified atom stereocenters. The number of fused-ring (bicyclic) bond motifs is 1. The van der Waals surface area contributed by atoms with E-state index in [0.717, 1.165) is 23.3 Å². The first-order valence-electron chi connectivity index (χ1n) is 10.7. The number of benzene rings is 2. The number of nitrogen functional groups attached to an aromatic ring is 1. The number of halogens is 2. The lowest BCUT2D eigenvalue weighted by atomic mass is 10.1. The van der Waals surface area contributed by atoms with Gasteiger partial charge in [-0.3, -0.25) is 4.79 Å². The number of pyridine rings is 1. The minimum atomic E-state index is -0.926. The van der Waals surface area contributed by atoms with Gasteiger partial charge in [-0.25, -0.2) is 13.8 Å². The Morgan fingerprint density at radius 2 is 1.86 bits per heavy atom. The third-order valence-corrected chi connectivity index (χ3v) is 6.21. The highest BCUT2D eigenvalue weighted by atomic mass is 32.1. The topological polar surface area (TPSA) is 107 Å². The van der Waals surface area contributed by atoms with Crippen molar-refractivity contribution < 1.29 is 28.2 Å². The Kier molecular flexibility index (Phi) is 7.42. The summed E-state index contributed by atoms with van der Waals surface area (Å²) in [4.78, 5) is 16.6. The molecule has 0 fully saturated rings. The number of aliphatic hydroxyl groups is 1. The van der Waals surface area contributed by atoms with Crippen LogP contribution in [0.3, 0.4) is 0 Å². The second-order valence-electron chi connectivity index (χ2n) is 7.81. The van der Waals surface area contributed by atoms with E-state index in [4.69, 9.17) is 20.3 Å². The van der Waals surface area contributed by atoms with E-state index in [1.54, 1.807) is 6.07 Å². The van der Waals surface area contributed by atoms with Gasteiger partial charge in [-0.05, 0) is 47.7 Å². The van der Waals surface area contributed by atoms with Crippen LogP contribution >= 0.6 is 11.3 Å². The Hall–Kier alpha value is -3.76. The van der Waals surface area contributed by atoms with Crippen LogP contribution in [0.25, 0.3) is 10.1 Å². The molecule has 2 heterocycles. The molecule has 0 radical (unpaired) electrons. The molecule has 0 atom stereocenters. The summed E-state index contributed by atoms with van der Waals surface area (Å²) in [7, 11) is 0. The lowest BCUT2D eigenvalue weighted by molar-refractivity contribution is 0.0946. The van der Waals surface area contributed by atoms with Crippen LogP contribution in [0.15, 0.2) is 48.0 Å². The molecule has 0 spiro atoms. The van der Waals surface area contributed by atoms with Crippen molar-refractivity contribution in [3.05, 3.63) is 81.9 Å². The maximum atomic E-state index is 13.4. The third kappa shape index (κ3) is 5.67. The van der Waals surface area contributed by atoms with Crippen molar-refractivity contribution in [2.45, 2.75) is 20.1 Å². The summed E-state index contributed by atoms with van der Waals surface area (Å²) in [5.74, 6) is -0.817. The first-order chi connectivity index (χ1) is 16.9. The number of hydrogen-bond acceptors (Lipinski definition) is 7. The van der Waals surface area contributed by atoms with E-state index in [-0.39, 0.29) is 32.3 Å². The number of aryl methyl sites for hydroxylation is 1. The summed E-state index contributed by atoms with van der Waals surface area (Å²) in [6.45, 7) is 2.11. The number of aliphatic hydroxyl groups excluding tert-OH is 1. The highest BCUT2D eigenvalue weighted by molar-refractivity contribution is 7.17. The first kappa shape index (κ1) is 24.4. The van der Waals surface area contributed by atoms with Crippen molar-refractivity contribution >= 4 is 33.1 Å². The van der Waals surface area contributed by atoms with Crippen LogP contribution < -0.4 is 20.5 Å². The van der Waals surface area contributed by atoms with E-state index < -0.39 is 11.6 Å². The van der Waals surface area contributed by atoms with Gasteiger partial charge in [-0.2, -0.15) is 0 Å². The average Bonchev–Trinajstić information content (AvgIpc) is 3.27. The predicted octanol–water partition coefficient (Wildman–Crippen LogP) is 4.35. The summed E-state index contributed by atoms with van der Waals surface area (Å²) in [6, 6.07) is 8.98. The van der Waals surface area contributed by atoms with Crippen molar-refractivity contribution in [1.29, 1.82) is 0 Å². The summed E-state index contributed by atoms with van der Waals surface area (Å²) in [6.07, 6.45) is 1.42. The standard InChI is InChI=1S/C25H23F2N3O4S/c1-14-6-17(33-11-15-2-3-20(26)21(27)8-15)9-18(7-14)34-12-16-13-35-23-19(25(32)29-4-5-31)10-30-24(28)22(16)23/h2-3,6-10,13,31H,4-5,11-12H2,1H3,(H2,28,30)(H,29,32). The SMILES string of the molecule is Cc1cc(OCc2ccc(F)c(F)c2)cc(OCc2csc3c(C(=O)NCCO)cnc(N)c23)c1. The first-order valence-corrected chi connectivity index (χ1v) is 11.6. The van der Waals surface area contributed by atoms with Gasteiger partial charge >= 0.3 is 0 Å². The van der Waals surface area contributed by atoms with Gasteiger partial charge in [-0.15, -0.1) is 11.3 Å². The van der Waals surface area contributed by atoms with Crippen LogP contribution in [0.5, 0.6) is 11.5 Å². The lowest BCUT2D eigenvalue weighted by Crippen LogP contribution is -2.26. The number of nitrogens with zero attached hydrogens (tertiary/aromatic N) is 1. The van der Waals surface area contributed by atoms with E-state index >= 15 is 0 Å². The van der Waals surface area contributed by atoms with Crippen LogP contribution in [0, 0.1) is 18.6 Å². The van der Waals surface area contributed by atoms with E-state index in [1.807, 2.05) is 24.4 Å². The Labute approximate surface area is 204 Å². The van der Waals surface area contributed by atoms with E-state index in [0.29, 0.717) is 38.5 Å². The largest absolute Gasteiger partial charge is 0.489 e. The molecular formula is C25H23F2N3O4S. The number of carbonyl (C=O) groups excluding carboxylic acids is 1. The Morgan fingerprint density at radius 1 is 1.11 bits per heavy atom. The van der Waals surface area contributed by atoms with Gasteiger partial charge in [0.05, 0.1) is 16.9 Å². The number of hydrogen-bond donors (Lipinski definition) is 3. The number of carbonyl (C=O) groups is 1. The molecule has 35 heavy (non-hydrogen) atoms. The number of amides is 1. The maximum absolute atomic E-state index is 13.4. The molecule has 0 aliphatic carbocycles. The molecule has 2 aromatic carbocycles. The number of rotatable bonds is 9. The molecule has 10 heteroatoms. The van der Waals surface area contributed by atoms with Gasteiger partial charge in [-0.1, -0.05) is 6.07 Å². The monoisotopic (exact) mass is 499 g/mol. The van der Waals surface area contributed by atoms with Crippen LogP contribution in [-0.2, 0) is 13.2 Å². The summed E-state index contributed by atoms with van der Waals surface area (Å²) >= 11 is 1.36. The second kappa shape index (κ2) is 10.7. The van der Waals surface area contributed by atoms with Gasteiger partial charge in [0.25, 0.3) is 5.91 Å². The number of thiophene rings is 1. The minimum Gasteiger partial charge on any atom is -0.489 e. The molecule has 4 rings (SSSR count). The van der Waals surface area contributed by atoms with Gasteiger partial charge in [0.1, 0.15) is 30.5 Å². The smallest absolute Gasteiger partial charge is 0.254 e. The van der Waals surface area contributed by atoms with Gasteiger partial charge < -0.3 is 25.6 Å². The Morgan fingerprint density at radius 3 is 2.57 bits per heavy atom. The van der Waals surface area contributed by atoms with E-state index in [9.17, 15) is 13.6 Å². The predicted molar refractivity (Wildman–Crippen MR) is 130 cm³/mol. The highest BCUT2D eigenvalue weighted by Crippen LogP contribution is 2.33. The maximum Gasteiger partial charge on any atom is 0.254 e. The summed E-state index contributed by atoms with van der Waals surface area (Å²) < 4.78 is 39.0. The van der Waals surface area contributed by atoms with Crippen molar-refractivity contribution in [1.82, 2.24) is 10.3 Å². The van der Waals surface area contributed by atoms with Crippen molar-refractivity contribution in [2.24, 2.45) is 0 Å². The number of anilines is 1. The molecular weight excluding hydrogens is 476 g/mol. The number of nitrogens with one attached hydrogen (secondary N) is 1. The van der Waals surface area contributed by atoms with Crippen molar-refractivity contribution in [2.75, 3.05) is 18.9 Å². The zero-order valence-corrected chi connectivity index (χ0v) is 19.6. The number of nitrogens with two attached hydrogens (primary N) is 1. The number of aromatic nitrogens is 1. The zero-order chi connectivity index (χ0) is 24.9. The molecule has 0 aliphatic heterocycles. The fraction of sp³-hybridized carbons (Fsp3) is 0.200. The second-order valence-corrected chi connectivity index (χ2v) is 8.69. The molecule has 182 valence electrons. The molecule has 0 saturated carbocycles. The van der Waals surface area contributed by atoms with Crippen molar-refractivity contribution in [3.63, 3.8) is 0 Å². The zero-order valence-electron chi connectivity index (χ0n) is 18.8. The molecule has 0 bridgehead atoms. The lowest BCUT2D eigenvalue weighted by Gasteiger charge is -2.12. The highest BCUT2D eigenvalue weighted by Gasteiger charge is 2.17. The van der Waals surface area contributed by atoms with Crippen LogP contribution in [0.2, 0.25) is 0 Å². The van der Waals surface area contributed by atoms with Crippen molar-refractivity contribution in [3.8, 4) is 11.5 Å². The quantitative estimate of drug-likeness (QED) is 0.316. The minimum absolute atomic E-state index is 0.0680. The molecule has 4 aromatic rings. The fourth-order valence-electron chi connectivity index (χ4n) is 3.50.